The molecule has 0 radical (unpaired) electrons. The average Bonchev–Trinajstić information content (AvgIpc) is 3.60. The Morgan fingerprint density at radius 1 is 0.909 bits per heavy atom. The van der Waals surface area contributed by atoms with Gasteiger partial charge in [-0.15, -0.1) is 0 Å². The van der Waals surface area contributed by atoms with Crippen LogP contribution in [-0.2, 0) is 24.4 Å². The predicted molar refractivity (Wildman–Crippen MR) is 123 cm³/mol. The third-order valence-electron chi connectivity index (χ3n) is 6.80. The Bertz CT molecular complexity index is 1010. The van der Waals surface area contributed by atoms with Crippen molar-refractivity contribution in [2.45, 2.75) is 38.0 Å². The van der Waals surface area contributed by atoms with Crippen LogP contribution >= 0.6 is 0 Å². The maximum absolute atomic E-state index is 13.0. The van der Waals surface area contributed by atoms with Crippen LogP contribution in [0.5, 0.6) is 0 Å². The molecule has 0 spiro atoms. The summed E-state index contributed by atoms with van der Waals surface area (Å²) < 4.78 is 26.8. The predicted octanol–water partition coefficient (Wildman–Crippen LogP) is 1.15. The molecule has 1 saturated carbocycles. The van der Waals surface area contributed by atoms with Gasteiger partial charge in [-0.2, -0.15) is 4.31 Å². The molecule has 3 fully saturated rings. The van der Waals surface area contributed by atoms with Crippen LogP contribution in [0.3, 0.4) is 0 Å². The van der Waals surface area contributed by atoms with Gasteiger partial charge in [0.25, 0.3) is 0 Å². The molecule has 1 aromatic rings. The molecule has 9 nitrogen and oxygen atoms in total. The molecule has 0 bridgehead atoms. The molecular formula is C23H32N4O5S. The number of hydrogen-bond donors (Lipinski definition) is 0. The first kappa shape index (κ1) is 23.7. The normalized spacial score (nSPS) is 21.7. The van der Waals surface area contributed by atoms with Crippen molar-refractivity contribution >= 4 is 33.4 Å². The number of rotatable bonds is 7. The zero-order chi connectivity index (χ0) is 23.8. The molecule has 3 aliphatic rings. The van der Waals surface area contributed by atoms with Gasteiger partial charge >= 0.3 is 0 Å². The van der Waals surface area contributed by atoms with Crippen molar-refractivity contribution in [3.8, 4) is 0 Å². The summed E-state index contributed by atoms with van der Waals surface area (Å²) in [5, 5.41) is 0. The minimum Gasteiger partial charge on any atom is -0.339 e. The van der Waals surface area contributed by atoms with E-state index in [2.05, 4.69) is 0 Å². The molecule has 180 valence electrons. The van der Waals surface area contributed by atoms with Gasteiger partial charge in [0.1, 0.15) is 0 Å². The summed E-state index contributed by atoms with van der Waals surface area (Å²) in [6, 6.07) is 6.29. The fraction of sp³-hybridized carbons (Fsp3) is 0.609. The summed E-state index contributed by atoms with van der Waals surface area (Å²) in [6.07, 6.45) is 2.08. The molecule has 2 aliphatic heterocycles. The Morgan fingerprint density at radius 2 is 1.42 bits per heavy atom. The van der Waals surface area contributed by atoms with Gasteiger partial charge in [-0.25, -0.2) is 8.42 Å². The smallest absolute Gasteiger partial charge is 0.243 e. The van der Waals surface area contributed by atoms with E-state index < -0.39 is 15.9 Å². The Kier molecular flexibility index (Phi) is 6.76. The summed E-state index contributed by atoms with van der Waals surface area (Å²) in [4.78, 5) is 43.3. The number of amides is 3. The lowest BCUT2D eigenvalue weighted by Gasteiger charge is -2.36. The summed E-state index contributed by atoms with van der Waals surface area (Å²) in [5.74, 6) is -0.236. The molecule has 1 aromatic carbocycles. The first-order chi connectivity index (χ1) is 15.8. The third-order valence-corrected chi connectivity index (χ3v) is 8.86. The van der Waals surface area contributed by atoms with Crippen molar-refractivity contribution in [3.05, 3.63) is 24.3 Å². The molecule has 1 atom stereocenters. The summed E-state index contributed by atoms with van der Waals surface area (Å²) >= 11 is 0. The molecule has 3 amide bonds. The quantitative estimate of drug-likeness (QED) is 0.588. The van der Waals surface area contributed by atoms with E-state index in [1.54, 1.807) is 35.8 Å². The number of hydrogen-bond acceptors (Lipinski definition) is 5. The molecule has 2 saturated heterocycles. The Balaban J connectivity index is 1.37. The summed E-state index contributed by atoms with van der Waals surface area (Å²) in [6.45, 7) is 6.74. The van der Waals surface area contributed by atoms with Crippen LogP contribution < -0.4 is 4.90 Å². The number of benzene rings is 1. The SMILES string of the molecule is CCN(CC)S(=O)(=O)c1ccc(N2C[C@H](C(=O)N3CCN(C(=O)C4CC4)CC3)CC2=O)cc1. The number of anilines is 1. The fourth-order valence-electron chi connectivity index (χ4n) is 4.63. The van der Waals surface area contributed by atoms with Gasteiger partial charge < -0.3 is 14.7 Å². The Hall–Kier alpha value is -2.46. The number of piperazine rings is 1. The van der Waals surface area contributed by atoms with Crippen molar-refractivity contribution < 1.29 is 22.8 Å². The molecule has 2 heterocycles. The van der Waals surface area contributed by atoms with Gasteiger partial charge in [-0.1, -0.05) is 13.8 Å². The standard InChI is InChI=1S/C23H32N4O5S/c1-3-26(4-2)33(31,32)20-9-7-19(8-10-20)27-16-18(15-21(27)28)23(30)25-13-11-24(12-14-25)22(29)17-5-6-17/h7-10,17-18H,3-6,11-16H2,1-2H3/t18-/m1/s1. The van der Waals surface area contributed by atoms with Crippen LogP contribution in [0.25, 0.3) is 0 Å². The van der Waals surface area contributed by atoms with Crippen LogP contribution in [0.1, 0.15) is 33.1 Å². The summed E-state index contributed by atoms with van der Waals surface area (Å²) in [5.41, 5.74) is 0.591. The molecule has 0 unspecified atom stereocenters. The highest BCUT2D eigenvalue weighted by Gasteiger charge is 2.39. The molecule has 10 heteroatoms. The van der Waals surface area contributed by atoms with E-state index in [1.807, 2.05) is 4.90 Å². The van der Waals surface area contributed by atoms with E-state index in [-0.39, 0.29) is 41.5 Å². The van der Waals surface area contributed by atoms with Gasteiger partial charge in [-0.3, -0.25) is 14.4 Å². The molecule has 0 N–H and O–H groups in total. The van der Waals surface area contributed by atoms with Gasteiger partial charge in [0.15, 0.2) is 0 Å². The van der Waals surface area contributed by atoms with Gasteiger partial charge in [0.05, 0.1) is 10.8 Å². The van der Waals surface area contributed by atoms with Crippen LogP contribution in [0.2, 0.25) is 0 Å². The van der Waals surface area contributed by atoms with Crippen molar-refractivity contribution in [2.75, 3.05) is 50.7 Å². The second-order valence-corrected chi connectivity index (χ2v) is 10.9. The summed E-state index contributed by atoms with van der Waals surface area (Å²) in [7, 11) is -3.56. The second kappa shape index (κ2) is 9.42. The second-order valence-electron chi connectivity index (χ2n) is 8.91. The minimum atomic E-state index is -3.56. The minimum absolute atomic E-state index is 0.0508. The van der Waals surface area contributed by atoms with E-state index in [0.29, 0.717) is 45.0 Å². The number of sulfonamides is 1. The lowest BCUT2D eigenvalue weighted by atomic mass is 10.1. The van der Waals surface area contributed by atoms with Gasteiger partial charge in [-0.05, 0) is 37.1 Å². The number of carbonyl (C=O) groups excluding carboxylic acids is 3. The van der Waals surface area contributed by atoms with E-state index in [4.69, 9.17) is 0 Å². The van der Waals surface area contributed by atoms with Crippen LogP contribution in [0, 0.1) is 11.8 Å². The molecule has 0 aromatic heterocycles. The van der Waals surface area contributed by atoms with Crippen molar-refractivity contribution in [1.82, 2.24) is 14.1 Å². The number of nitrogens with zero attached hydrogens (tertiary/aromatic N) is 4. The van der Waals surface area contributed by atoms with Crippen LogP contribution in [-0.4, -0.2) is 86.1 Å². The van der Waals surface area contributed by atoms with Crippen LogP contribution in [0.15, 0.2) is 29.2 Å². The monoisotopic (exact) mass is 476 g/mol. The zero-order valence-corrected chi connectivity index (χ0v) is 20.1. The van der Waals surface area contributed by atoms with E-state index >= 15 is 0 Å². The Labute approximate surface area is 195 Å². The van der Waals surface area contributed by atoms with Crippen LogP contribution in [0.4, 0.5) is 5.69 Å². The maximum atomic E-state index is 13.0. The lowest BCUT2D eigenvalue weighted by Crippen LogP contribution is -2.52. The molecular weight excluding hydrogens is 444 g/mol. The first-order valence-corrected chi connectivity index (χ1v) is 13.2. The average molecular weight is 477 g/mol. The topological polar surface area (TPSA) is 98.3 Å². The van der Waals surface area contributed by atoms with Crippen molar-refractivity contribution in [3.63, 3.8) is 0 Å². The van der Waals surface area contributed by atoms with E-state index in [9.17, 15) is 22.8 Å². The largest absolute Gasteiger partial charge is 0.339 e. The maximum Gasteiger partial charge on any atom is 0.243 e. The zero-order valence-electron chi connectivity index (χ0n) is 19.3. The Morgan fingerprint density at radius 3 is 1.91 bits per heavy atom. The first-order valence-electron chi connectivity index (χ1n) is 11.7. The third kappa shape index (κ3) is 4.77. The van der Waals surface area contributed by atoms with Crippen molar-refractivity contribution in [2.24, 2.45) is 11.8 Å². The lowest BCUT2D eigenvalue weighted by molar-refractivity contribution is -0.142. The van der Waals surface area contributed by atoms with Crippen molar-refractivity contribution in [1.29, 1.82) is 0 Å². The highest BCUT2D eigenvalue weighted by atomic mass is 32.2. The van der Waals surface area contributed by atoms with Gasteiger partial charge in [0.2, 0.25) is 27.7 Å². The number of carbonyl (C=O) groups is 3. The van der Waals surface area contributed by atoms with Gasteiger partial charge in [0, 0.05) is 63.8 Å². The molecule has 1 aliphatic carbocycles. The fourth-order valence-corrected chi connectivity index (χ4v) is 6.09. The highest BCUT2D eigenvalue weighted by Crippen LogP contribution is 2.32. The highest BCUT2D eigenvalue weighted by molar-refractivity contribution is 7.89. The molecule has 4 rings (SSSR count). The van der Waals surface area contributed by atoms with E-state index in [1.165, 1.54) is 16.4 Å². The molecule has 33 heavy (non-hydrogen) atoms. The van der Waals surface area contributed by atoms with E-state index in [0.717, 1.165) is 12.8 Å².